The number of unbranched alkanes of at least 4 members (excludes halogenated alkanes) is 2. The fraction of sp³-hybridized carbons (Fsp3) is 0.379. The van der Waals surface area contributed by atoms with E-state index in [-0.39, 0.29) is 0 Å². The first-order valence-corrected chi connectivity index (χ1v) is 11.0. The minimum absolute atomic E-state index is 1.09. The maximum atomic E-state index is 3.62. The molecule has 0 aliphatic heterocycles. The van der Waals surface area contributed by atoms with Gasteiger partial charge < -0.3 is 0 Å². The fourth-order valence-electron chi connectivity index (χ4n) is 4.97. The number of aryl methyl sites for hydroxylation is 7. The molecule has 3 aromatic carbocycles. The average Bonchev–Trinajstić information content (AvgIpc) is 2.62. The van der Waals surface area contributed by atoms with Crippen LogP contribution in [-0.4, -0.2) is 0 Å². The molecule has 151 valence electrons. The molecule has 0 fully saturated rings. The predicted molar refractivity (Wildman–Crippen MR) is 128 cm³/mol. The van der Waals surface area contributed by atoms with Crippen LogP contribution in [0.1, 0.15) is 65.1 Å². The maximum absolute atomic E-state index is 3.62. The predicted octanol–water partition coefficient (Wildman–Crippen LogP) is 8.40. The van der Waals surface area contributed by atoms with E-state index in [1.807, 2.05) is 0 Å². The van der Waals surface area contributed by atoms with Gasteiger partial charge in [-0.3, -0.25) is 0 Å². The normalized spacial score (nSPS) is 11.1. The van der Waals surface area contributed by atoms with E-state index in [0.717, 1.165) is 6.42 Å². The van der Waals surface area contributed by atoms with Crippen LogP contribution >= 0.6 is 0 Å². The number of rotatable bonds is 6. The summed E-state index contributed by atoms with van der Waals surface area (Å²) >= 11 is 0. The molecule has 0 spiro atoms. The lowest BCUT2D eigenvalue weighted by Gasteiger charge is -2.22. The summed E-state index contributed by atoms with van der Waals surface area (Å²) in [7, 11) is 0. The highest BCUT2D eigenvalue weighted by molar-refractivity contribution is 5.90. The first-order valence-electron chi connectivity index (χ1n) is 11.0. The van der Waals surface area contributed by atoms with Crippen LogP contribution in [-0.2, 0) is 6.42 Å². The van der Waals surface area contributed by atoms with Crippen LogP contribution in [0, 0.1) is 47.6 Å². The van der Waals surface area contributed by atoms with Gasteiger partial charge in [0.2, 0.25) is 0 Å². The van der Waals surface area contributed by atoms with Gasteiger partial charge in [-0.25, -0.2) is 0 Å². The zero-order valence-corrected chi connectivity index (χ0v) is 19.3. The third-order valence-electron chi connectivity index (χ3n) is 5.98. The largest absolute Gasteiger partial charge is 0.0654 e. The molecule has 29 heavy (non-hydrogen) atoms. The highest BCUT2D eigenvalue weighted by atomic mass is 14.2. The lowest BCUT2D eigenvalue weighted by Crippen LogP contribution is -2.01. The zero-order chi connectivity index (χ0) is 21.1. The highest BCUT2D eigenvalue weighted by Crippen LogP contribution is 2.41. The second-order valence-corrected chi connectivity index (χ2v) is 8.75. The summed E-state index contributed by atoms with van der Waals surface area (Å²) < 4.78 is 0. The monoisotopic (exact) mass is 383 g/mol. The molecular formula is C29H35. The van der Waals surface area contributed by atoms with Crippen LogP contribution in [0.2, 0.25) is 0 Å². The topological polar surface area (TPSA) is 0 Å². The van der Waals surface area contributed by atoms with E-state index in [9.17, 15) is 0 Å². The molecular weight excluding hydrogens is 348 g/mol. The Kier molecular flexibility index (Phi) is 6.63. The van der Waals surface area contributed by atoms with Crippen LogP contribution in [0.4, 0.5) is 0 Å². The Labute approximate surface area is 178 Å². The molecule has 0 N–H and O–H groups in total. The quantitative estimate of drug-likeness (QED) is 0.375. The summed E-state index contributed by atoms with van der Waals surface area (Å²) in [6.45, 7) is 15.7. The van der Waals surface area contributed by atoms with Gasteiger partial charge in [0.25, 0.3) is 0 Å². The molecule has 0 saturated carbocycles. The summed E-state index contributed by atoms with van der Waals surface area (Å²) in [6, 6.07) is 17.3. The van der Waals surface area contributed by atoms with Gasteiger partial charge in [-0.05, 0) is 111 Å². The third-order valence-corrected chi connectivity index (χ3v) is 5.98. The van der Waals surface area contributed by atoms with Crippen molar-refractivity contribution in [2.75, 3.05) is 0 Å². The van der Waals surface area contributed by atoms with Gasteiger partial charge in [-0.2, -0.15) is 0 Å². The van der Waals surface area contributed by atoms with Crippen LogP contribution in [0.5, 0.6) is 0 Å². The van der Waals surface area contributed by atoms with E-state index < -0.39 is 0 Å². The van der Waals surface area contributed by atoms with Gasteiger partial charge in [0, 0.05) is 0 Å². The molecule has 0 saturated heterocycles. The number of benzene rings is 3. The molecule has 1 radical (unpaired) electrons. The SMILES string of the molecule is CCCCCc1[c]ccc(-c2c(C)cc(C)cc2C)c1-c1c(C)cc(C)cc1C. The van der Waals surface area contributed by atoms with Gasteiger partial charge >= 0.3 is 0 Å². The number of hydrogen-bond acceptors (Lipinski definition) is 0. The summed E-state index contributed by atoms with van der Waals surface area (Å²) in [5.74, 6) is 0. The van der Waals surface area contributed by atoms with Crippen molar-refractivity contribution in [2.45, 2.75) is 74.1 Å². The van der Waals surface area contributed by atoms with Gasteiger partial charge in [0.05, 0.1) is 0 Å². The molecule has 0 aliphatic rings. The van der Waals surface area contributed by atoms with E-state index in [1.165, 1.54) is 80.5 Å². The molecule has 3 aromatic rings. The molecule has 0 amide bonds. The van der Waals surface area contributed by atoms with Crippen LogP contribution < -0.4 is 0 Å². The Balaban J connectivity index is 2.33. The Morgan fingerprint density at radius 2 is 1.17 bits per heavy atom. The van der Waals surface area contributed by atoms with Crippen molar-refractivity contribution in [3.8, 4) is 22.3 Å². The smallest absolute Gasteiger partial charge is 0.00616 e. The summed E-state index contributed by atoms with van der Waals surface area (Å²) in [4.78, 5) is 0. The molecule has 0 heterocycles. The third kappa shape index (κ3) is 4.47. The molecule has 0 heteroatoms. The lowest BCUT2D eigenvalue weighted by molar-refractivity contribution is 0.717. The molecule has 0 aromatic heterocycles. The minimum atomic E-state index is 1.09. The molecule has 0 unspecified atom stereocenters. The van der Waals surface area contributed by atoms with Crippen LogP contribution in [0.3, 0.4) is 0 Å². The summed E-state index contributed by atoms with van der Waals surface area (Å²) in [5.41, 5.74) is 15.0. The van der Waals surface area contributed by atoms with Crippen molar-refractivity contribution in [1.29, 1.82) is 0 Å². The first kappa shape index (κ1) is 21.4. The fourth-order valence-corrected chi connectivity index (χ4v) is 4.97. The van der Waals surface area contributed by atoms with E-state index >= 15 is 0 Å². The molecule has 0 aliphatic carbocycles. The Morgan fingerprint density at radius 3 is 1.69 bits per heavy atom. The van der Waals surface area contributed by atoms with E-state index in [4.69, 9.17) is 0 Å². The highest BCUT2D eigenvalue weighted by Gasteiger charge is 2.19. The molecule has 0 nitrogen and oxygen atoms in total. The Morgan fingerprint density at radius 1 is 0.655 bits per heavy atom. The molecule has 0 atom stereocenters. The van der Waals surface area contributed by atoms with Gasteiger partial charge in [0.15, 0.2) is 0 Å². The second kappa shape index (κ2) is 8.99. The number of hydrogen-bond donors (Lipinski definition) is 0. The minimum Gasteiger partial charge on any atom is -0.0654 e. The average molecular weight is 384 g/mol. The van der Waals surface area contributed by atoms with Crippen molar-refractivity contribution in [3.05, 3.63) is 81.4 Å². The van der Waals surface area contributed by atoms with Gasteiger partial charge in [-0.1, -0.05) is 67.3 Å². The van der Waals surface area contributed by atoms with E-state index in [1.54, 1.807) is 0 Å². The Bertz CT molecular complexity index is 974. The lowest BCUT2D eigenvalue weighted by atomic mass is 9.82. The summed E-state index contributed by atoms with van der Waals surface area (Å²) in [6.07, 6.45) is 4.83. The van der Waals surface area contributed by atoms with E-state index in [0.29, 0.717) is 0 Å². The van der Waals surface area contributed by atoms with Crippen LogP contribution in [0.25, 0.3) is 22.3 Å². The summed E-state index contributed by atoms with van der Waals surface area (Å²) in [5, 5.41) is 0. The Hall–Kier alpha value is -2.34. The van der Waals surface area contributed by atoms with Crippen LogP contribution in [0.15, 0.2) is 36.4 Å². The van der Waals surface area contributed by atoms with E-state index in [2.05, 4.69) is 90.9 Å². The van der Waals surface area contributed by atoms with Crippen molar-refractivity contribution in [1.82, 2.24) is 0 Å². The molecule has 3 rings (SSSR count). The van der Waals surface area contributed by atoms with Crippen molar-refractivity contribution >= 4 is 0 Å². The zero-order valence-electron chi connectivity index (χ0n) is 19.3. The van der Waals surface area contributed by atoms with Crippen molar-refractivity contribution < 1.29 is 0 Å². The standard InChI is InChI=1S/C29H35/c1-8-9-10-12-25-13-11-14-26(27-21(4)15-19(2)16-22(27)5)29(25)28-23(6)17-20(3)18-24(28)7/h11,14-18H,8-10,12H2,1-7H3. The van der Waals surface area contributed by atoms with Crippen molar-refractivity contribution in [2.24, 2.45) is 0 Å². The first-order chi connectivity index (χ1) is 13.8. The van der Waals surface area contributed by atoms with Gasteiger partial charge in [0.1, 0.15) is 0 Å². The van der Waals surface area contributed by atoms with Gasteiger partial charge in [-0.15, -0.1) is 0 Å². The second-order valence-electron chi connectivity index (χ2n) is 8.75. The molecule has 0 bridgehead atoms. The maximum Gasteiger partial charge on any atom is -0.00616 e. The van der Waals surface area contributed by atoms with Crippen molar-refractivity contribution in [3.63, 3.8) is 0 Å².